The van der Waals surface area contributed by atoms with Gasteiger partial charge in [-0.1, -0.05) is 12.1 Å². The van der Waals surface area contributed by atoms with Crippen molar-refractivity contribution in [3.05, 3.63) is 69.3 Å². The van der Waals surface area contributed by atoms with Crippen molar-refractivity contribution in [1.29, 1.82) is 0 Å². The Kier molecular flexibility index (Phi) is 9.09. The second-order valence-corrected chi connectivity index (χ2v) is 10.3. The molecule has 4 rings (SSSR count). The summed E-state index contributed by atoms with van der Waals surface area (Å²) < 4.78 is 30.0. The maximum atomic E-state index is 13.6. The Morgan fingerprint density at radius 3 is 2.32 bits per heavy atom. The van der Waals surface area contributed by atoms with Crippen LogP contribution in [0.25, 0.3) is 0 Å². The van der Waals surface area contributed by atoms with E-state index in [4.69, 9.17) is 13.9 Å². The van der Waals surface area contributed by atoms with E-state index in [1.54, 1.807) is 0 Å². The Bertz CT molecular complexity index is 1620. The Morgan fingerprint density at radius 1 is 1.07 bits per heavy atom. The number of aryl methyl sites for hydroxylation is 1. The molecule has 3 heterocycles. The van der Waals surface area contributed by atoms with Gasteiger partial charge in [-0.25, -0.2) is 14.2 Å². The van der Waals surface area contributed by atoms with Gasteiger partial charge in [-0.3, -0.25) is 19.0 Å². The molecule has 1 fully saturated rings. The number of nitrogens with zero attached hydrogens (tertiary/aromatic N) is 4. The van der Waals surface area contributed by atoms with Crippen molar-refractivity contribution in [2.24, 2.45) is 7.05 Å². The Hall–Kier alpha value is -4.78. The van der Waals surface area contributed by atoms with Crippen LogP contribution < -0.4 is 20.9 Å². The van der Waals surface area contributed by atoms with E-state index in [9.17, 15) is 44.0 Å². The monoisotopic (exact) mass is 620 g/mol. The first-order valence-corrected chi connectivity index (χ1v) is 13.0. The van der Waals surface area contributed by atoms with Gasteiger partial charge in [-0.15, -0.1) is 10.2 Å². The minimum absolute atomic E-state index is 0.120. The summed E-state index contributed by atoms with van der Waals surface area (Å²) in [6, 6.07) is 5.14. The zero-order chi connectivity index (χ0) is 32.5. The molecule has 0 unspecified atom stereocenters. The van der Waals surface area contributed by atoms with Gasteiger partial charge in [0.05, 0.1) is 5.54 Å². The summed E-state index contributed by atoms with van der Waals surface area (Å²) in [5.74, 6) is -5.28. The van der Waals surface area contributed by atoms with E-state index in [2.05, 4.69) is 25.8 Å². The van der Waals surface area contributed by atoms with E-state index in [-0.39, 0.29) is 24.2 Å². The summed E-state index contributed by atoms with van der Waals surface area (Å²) >= 11 is 0. The molecule has 236 valence electrons. The molecule has 1 aliphatic heterocycles. The average molecular weight is 621 g/mol. The van der Waals surface area contributed by atoms with Gasteiger partial charge in [0.2, 0.25) is 17.9 Å². The number of nitrogens with one attached hydrogen (secondary N) is 2. The summed E-state index contributed by atoms with van der Waals surface area (Å²) in [6.45, 7) is 4.23. The zero-order valence-corrected chi connectivity index (χ0v) is 23.7. The van der Waals surface area contributed by atoms with Crippen LogP contribution in [0, 0.1) is 12.7 Å². The molecule has 1 aromatic carbocycles. The fourth-order valence-electron chi connectivity index (χ4n) is 4.32. The maximum Gasteiger partial charge on any atom is 0.335 e. The molecule has 0 radical (unpaired) electrons. The number of rotatable bonds is 9. The van der Waals surface area contributed by atoms with Crippen LogP contribution in [0.2, 0.25) is 0 Å². The lowest BCUT2D eigenvalue weighted by molar-refractivity contribution is -0.271. The first kappa shape index (κ1) is 32.1. The van der Waals surface area contributed by atoms with Crippen molar-refractivity contribution in [2.45, 2.75) is 63.6 Å². The maximum absolute atomic E-state index is 13.6. The van der Waals surface area contributed by atoms with Crippen LogP contribution in [-0.4, -0.2) is 88.7 Å². The molecule has 2 amide bonds. The van der Waals surface area contributed by atoms with Crippen molar-refractivity contribution >= 4 is 17.8 Å². The van der Waals surface area contributed by atoms with Crippen LogP contribution in [0.3, 0.4) is 0 Å². The number of hydrogen-bond donors (Lipinski definition) is 6. The summed E-state index contributed by atoms with van der Waals surface area (Å²) in [6.07, 6.45) is -10.3. The van der Waals surface area contributed by atoms with E-state index in [1.165, 1.54) is 52.1 Å². The number of carbonyl (C=O) groups excluding carboxylic acids is 2. The highest BCUT2D eigenvalue weighted by Gasteiger charge is 2.49. The minimum Gasteiger partial charge on any atom is -0.479 e. The van der Waals surface area contributed by atoms with Gasteiger partial charge in [0.25, 0.3) is 11.5 Å². The molecule has 1 saturated heterocycles. The van der Waals surface area contributed by atoms with Crippen molar-refractivity contribution in [1.82, 2.24) is 30.4 Å². The average Bonchev–Trinajstić information content (AvgIpc) is 3.41. The molecular formula is C26H29FN6O11. The lowest BCUT2D eigenvalue weighted by atomic mass is 9.99. The molecule has 0 spiro atoms. The van der Waals surface area contributed by atoms with Crippen LogP contribution in [0.5, 0.6) is 5.75 Å². The molecule has 44 heavy (non-hydrogen) atoms. The third-order valence-electron chi connectivity index (χ3n) is 6.58. The van der Waals surface area contributed by atoms with Gasteiger partial charge in [-0.05, 0) is 31.5 Å². The first-order valence-electron chi connectivity index (χ1n) is 13.0. The van der Waals surface area contributed by atoms with E-state index < -0.39 is 76.8 Å². The smallest absolute Gasteiger partial charge is 0.335 e. The largest absolute Gasteiger partial charge is 0.479 e. The number of hydrogen-bond acceptors (Lipinski definition) is 13. The SMILES string of the molecule is Cc1nnc(C(=O)NC(C)(C)c2nc(C(=O)NCc3ccc(F)cc3)c(O[C@H]3O[C@H](C(=O)O)[C@@H](O)[C@@H](O)[C@H]3O)c(=O)n2C)o1. The Labute approximate surface area is 247 Å². The van der Waals surface area contributed by atoms with Gasteiger partial charge >= 0.3 is 17.8 Å². The summed E-state index contributed by atoms with van der Waals surface area (Å²) in [4.78, 5) is 55.7. The lowest BCUT2D eigenvalue weighted by Crippen LogP contribution is -2.61. The number of carbonyl (C=O) groups is 3. The number of amides is 2. The molecule has 0 bridgehead atoms. The number of aromatic nitrogens is 4. The number of carboxylic acid groups (broad SMARTS) is 1. The number of aliphatic hydroxyl groups excluding tert-OH is 3. The van der Waals surface area contributed by atoms with E-state index >= 15 is 0 Å². The Balaban J connectivity index is 1.74. The van der Waals surface area contributed by atoms with Crippen molar-refractivity contribution < 1.29 is 53.1 Å². The third kappa shape index (κ3) is 6.57. The predicted molar refractivity (Wildman–Crippen MR) is 142 cm³/mol. The highest BCUT2D eigenvalue weighted by molar-refractivity contribution is 5.95. The fourth-order valence-corrected chi connectivity index (χ4v) is 4.32. The fraction of sp³-hybridized carbons (Fsp3) is 0.423. The standard InChI is InChI=1S/C26H29FN6O11/c1-10-31-32-21(42-10)20(38)30-26(2,3)25-29-13(19(37)28-9-11-5-7-12(27)8-6-11)17(22(39)33(25)4)43-24-16(36)14(34)15(35)18(44-24)23(40)41/h5-8,14-16,18,24,34-36H,9H2,1-4H3,(H,28,37)(H,30,38)(H,40,41)/t14-,15+,16-,18+,24+/m1/s1. The number of aliphatic carboxylic acids is 1. The number of aliphatic hydroxyl groups is 3. The van der Waals surface area contributed by atoms with E-state index in [1.807, 2.05) is 0 Å². The van der Waals surface area contributed by atoms with Crippen molar-refractivity contribution in [3.63, 3.8) is 0 Å². The minimum atomic E-state index is -2.07. The van der Waals surface area contributed by atoms with Gasteiger partial charge in [0.15, 0.2) is 11.8 Å². The van der Waals surface area contributed by atoms with Gasteiger partial charge in [0, 0.05) is 20.5 Å². The van der Waals surface area contributed by atoms with Crippen LogP contribution in [0.4, 0.5) is 4.39 Å². The van der Waals surface area contributed by atoms with Crippen molar-refractivity contribution in [2.75, 3.05) is 0 Å². The molecule has 0 saturated carbocycles. The highest BCUT2D eigenvalue weighted by atomic mass is 19.1. The molecule has 3 aromatic rings. The number of ether oxygens (including phenoxy) is 2. The van der Waals surface area contributed by atoms with E-state index in [0.717, 1.165) is 4.57 Å². The zero-order valence-electron chi connectivity index (χ0n) is 23.7. The Morgan fingerprint density at radius 2 is 1.73 bits per heavy atom. The summed E-state index contributed by atoms with van der Waals surface area (Å²) in [5, 5.41) is 52.3. The van der Waals surface area contributed by atoms with E-state index in [0.29, 0.717) is 5.56 Å². The molecule has 0 aliphatic carbocycles. The number of benzene rings is 1. The third-order valence-corrected chi connectivity index (χ3v) is 6.58. The molecular weight excluding hydrogens is 591 g/mol. The topological polar surface area (TPSA) is 248 Å². The first-order chi connectivity index (χ1) is 20.6. The normalized spacial score (nSPS) is 21.9. The molecule has 1 aliphatic rings. The van der Waals surface area contributed by atoms with Crippen LogP contribution in [-0.2, 0) is 28.7 Å². The lowest BCUT2D eigenvalue weighted by Gasteiger charge is -2.38. The highest BCUT2D eigenvalue weighted by Crippen LogP contribution is 2.26. The van der Waals surface area contributed by atoms with Gasteiger partial charge in [0.1, 0.15) is 30.0 Å². The predicted octanol–water partition coefficient (Wildman–Crippen LogP) is -1.52. The van der Waals surface area contributed by atoms with Gasteiger partial charge in [-0.2, -0.15) is 0 Å². The van der Waals surface area contributed by atoms with Crippen molar-refractivity contribution in [3.8, 4) is 5.75 Å². The number of halogens is 1. The molecule has 5 atom stereocenters. The van der Waals surface area contributed by atoms with Crippen LogP contribution >= 0.6 is 0 Å². The summed E-state index contributed by atoms with van der Waals surface area (Å²) in [7, 11) is 1.24. The van der Waals surface area contributed by atoms with Gasteiger partial charge < -0.3 is 45.0 Å². The second kappa shape index (κ2) is 12.4. The number of carboxylic acids is 1. The molecule has 17 nitrogen and oxygen atoms in total. The molecule has 18 heteroatoms. The second-order valence-electron chi connectivity index (χ2n) is 10.3. The molecule has 2 aromatic heterocycles. The quantitative estimate of drug-likeness (QED) is 0.159. The van der Waals surface area contributed by atoms with Crippen LogP contribution in [0.1, 0.15) is 52.3 Å². The van der Waals surface area contributed by atoms with Crippen LogP contribution in [0.15, 0.2) is 33.5 Å². The molecule has 6 N–H and O–H groups in total. The summed E-state index contributed by atoms with van der Waals surface area (Å²) in [5.41, 5.74) is -2.72.